The minimum Gasteiger partial charge on any atom is -0.411 e. The zero-order valence-corrected chi connectivity index (χ0v) is 14.5. The summed E-state index contributed by atoms with van der Waals surface area (Å²) in [6.45, 7) is 3.31. The van der Waals surface area contributed by atoms with Crippen molar-refractivity contribution in [1.82, 2.24) is 15.5 Å². The molecule has 1 amide bonds. The Morgan fingerprint density at radius 3 is 2.71 bits per heavy atom. The summed E-state index contributed by atoms with van der Waals surface area (Å²) in [5.41, 5.74) is -0.174. The molecule has 2 aromatic rings. The number of carbonyl (C=O) groups is 1. The molecule has 7 nitrogen and oxygen atoms in total. The predicted octanol–water partition coefficient (Wildman–Crippen LogP) is 2.11. The van der Waals surface area contributed by atoms with Crippen molar-refractivity contribution >= 4 is 27.3 Å². The molecule has 2 rings (SSSR count). The van der Waals surface area contributed by atoms with Gasteiger partial charge in [0.05, 0.1) is 12.3 Å². The number of benzene rings is 1. The Bertz CT molecular complexity index is 831. The number of aromatic nitrogens is 2. The van der Waals surface area contributed by atoms with E-state index in [2.05, 4.69) is 15.5 Å². The molecule has 1 aromatic heterocycles. The number of sulfone groups is 1. The highest BCUT2D eigenvalue weighted by molar-refractivity contribution is 7.90. The number of amides is 1. The Kier molecular flexibility index (Phi) is 5.55. The first kappa shape index (κ1) is 18.3. The lowest BCUT2D eigenvalue weighted by Crippen LogP contribution is -2.27. The maximum Gasteiger partial charge on any atom is 0.335 e. The lowest BCUT2D eigenvalue weighted by atomic mass is 10.2. The van der Waals surface area contributed by atoms with Crippen molar-refractivity contribution in [3.8, 4) is 0 Å². The molecule has 0 aliphatic heterocycles. The second kappa shape index (κ2) is 7.27. The summed E-state index contributed by atoms with van der Waals surface area (Å²) in [6, 6.07) is 3.86. The van der Waals surface area contributed by atoms with E-state index in [-0.39, 0.29) is 34.8 Å². The molecule has 0 bridgehead atoms. The number of carbonyl (C=O) groups excluding carboxylic acids is 1. The average Bonchev–Trinajstić information content (AvgIpc) is 2.98. The maximum absolute atomic E-state index is 13.7. The summed E-state index contributed by atoms with van der Waals surface area (Å²) in [7, 11) is -4.07. The van der Waals surface area contributed by atoms with Gasteiger partial charge in [0.15, 0.2) is 0 Å². The van der Waals surface area contributed by atoms with Crippen molar-refractivity contribution in [1.29, 1.82) is 0 Å². The lowest BCUT2D eigenvalue weighted by Gasteiger charge is -2.05. The van der Waals surface area contributed by atoms with Gasteiger partial charge in [0.2, 0.25) is 21.6 Å². The second-order valence-electron chi connectivity index (χ2n) is 5.29. The molecule has 1 heterocycles. The fourth-order valence-electron chi connectivity index (χ4n) is 1.72. The summed E-state index contributed by atoms with van der Waals surface area (Å²) in [5, 5.41) is 8.86. The average molecular weight is 376 g/mol. The van der Waals surface area contributed by atoms with E-state index < -0.39 is 26.6 Å². The van der Waals surface area contributed by atoms with Gasteiger partial charge in [0.1, 0.15) is 5.82 Å². The molecule has 24 heavy (non-hydrogen) atoms. The van der Waals surface area contributed by atoms with E-state index in [4.69, 9.17) is 16.0 Å². The normalized spacial score (nSPS) is 11.7. The smallest absolute Gasteiger partial charge is 0.335 e. The fourth-order valence-corrected chi connectivity index (χ4v) is 3.22. The van der Waals surface area contributed by atoms with Gasteiger partial charge in [-0.1, -0.05) is 36.6 Å². The van der Waals surface area contributed by atoms with E-state index in [0.717, 1.165) is 6.07 Å². The van der Waals surface area contributed by atoms with Crippen LogP contribution in [0.2, 0.25) is 5.02 Å². The van der Waals surface area contributed by atoms with Gasteiger partial charge in [-0.25, -0.2) is 12.8 Å². The molecule has 0 saturated heterocycles. The minimum atomic E-state index is -4.07. The van der Waals surface area contributed by atoms with E-state index in [0.29, 0.717) is 0 Å². The second-order valence-corrected chi connectivity index (χ2v) is 7.57. The van der Waals surface area contributed by atoms with Crippen LogP contribution in [0.4, 0.5) is 4.39 Å². The highest BCUT2D eigenvalue weighted by atomic mass is 35.5. The Morgan fingerprint density at radius 1 is 1.38 bits per heavy atom. The molecule has 1 aromatic carbocycles. The Balaban J connectivity index is 2.15. The van der Waals surface area contributed by atoms with Crippen molar-refractivity contribution in [2.75, 3.05) is 0 Å². The summed E-state index contributed by atoms with van der Waals surface area (Å²) in [5.74, 6) is -1.99. The largest absolute Gasteiger partial charge is 0.411 e. The third-order valence-electron chi connectivity index (χ3n) is 3.05. The zero-order chi connectivity index (χ0) is 17.9. The highest BCUT2D eigenvalue weighted by Gasteiger charge is 2.26. The minimum absolute atomic E-state index is 0.0116. The van der Waals surface area contributed by atoms with E-state index >= 15 is 0 Å². The zero-order valence-electron chi connectivity index (χ0n) is 12.9. The molecule has 0 aliphatic carbocycles. The Hall–Kier alpha value is -2.00. The predicted molar refractivity (Wildman–Crippen MR) is 83.3 cm³/mol. The van der Waals surface area contributed by atoms with Gasteiger partial charge in [0.25, 0.3) is 0 Å². The third-order valence-corrected chi connectivity index (χ3v) is 4.77. The van der Waals surface area contributed by atoms with Crippen LogP contribution < -0.4 is 5.32 Å². The SMILES string of the molecule is CC(C)C(=O)NCc1nnc(S(=O)(=O)Cc2c(F)cccc2Cl)o1. The summed E-state index contributed by atoms with van der Waals surface area (Å²) >= 11 is 5.82. The van der Waals surface area contributed by atoms with Gasteiger partial charge in [0, 0.05) is 16.5 Å². The van der Waals surface area contributed by atoms with Crippen molar-refractivity contribution in [2.24, 2.45) is 5.92 Å². The first-order valence-corrected chi connectivity index (χ1v) is 8.99. The van der Waals surface area contributed by atoms with E-state index in [1.807, 2.05) is 0 Å². The highest BCUT2D eigenvalue weighted by Crippen LogP contribution is 2.24. The summed E-state index contributed by atoms with van der Waals surface area (Å²) in [4.78, 5) is 11.5. The van der Waals surface area contributed by atoms with Crippen LogP contribution in [0.15, 0.2) is 27.8 Å². The molecule has 130 valence electrons. The van der Waals surface area contributed by atoms with Crippen LogP contribution in [0.3, 0.4) is 0 Å². The molecule has 1 N–H and O–H groups in total. The molecular weight excluding hydrogens is 361 g/mol. The fraction of sp³-hybridized carbons (Fsp3) is 0.357. The molecule has 0 atom stereocenters. The van der Waals surface area contributed by atoms with Crippen LogP contribution in [-0.2, 0) is 26.9 Å². The van der Waals surface area contributed by atoms with Crippen molar-refractivity contribution < 1.29 is 22.0 Å². The van der Waals surface area contributed by atoms with Crippen molar-refractivity contribution in [2.45, 2.75) is 31.4 Å². The number of hydrogen-bond acceptors (Lipinski definition) is 6. The van der Waals surface area contributed by atoms with E-state index in [1.165, 1.54) is 12.1 Å². The number of halogens is 2. The first-order chi connectivity index (χ1) is 11.2. The van der Waals surface area contributed by atoms with Gasteiger partial charge in [-0.2, -0.15) is 0 Å². The number of hydrogen-bond donors (Lipinski definition) is 1. The summed E-state index contributed by atoms with van der Waals surface area (Å²) in [6.07, 6.45) is 0. The van der Waals surface area contributed by atoms with Crippen molar-refractivity contribution in [3.63, 3.8) is 0 Å². The first-order valence-electron chi connectivity index (χ1n) is 6.96. The van der Waals surface area contributed by atoms with Gasteiger partial charge < -0.3 is 9.73 Å². The van der Waals surface area contributed by atoms with Crippen LogP contribution in [0, 0.1) is 11.7 Å². The Morgan fingerprint density at radius 2 is 2.08 bits per heavy atom. The molecule has 0 radical (unpaired) electrons. The quantitative estimate of drug-likeness (QED) is 0.829. The molecule has 0 spiro atoms. The molecule has 0 unspecified atom stereocenters. The van der Waals surface area contributed by atoms with E-state index in [9.17, 15) is 17.6 Å². The lowest BCUT2D eigenvalue weighted by molar-refractivity contribution is -0.124. The topological polar surface area (TPSA) is 102 Å². The maximum atomic E-state index is 13.7. The van der Waals surface area contributed by atoms with Gasteiger partial charge in [-0.3, -0.25) is 4.79 Å². The Labute approximate surface area is 143 Å². The molecule has 0 saturated carbocycles. The molecular formula is C14H15ClFN3O4S. The van der Waals surface area contributed by atoms with Gasteiger partial charge in [-0.15, -0.1) is 5.10 Å². The number of nitrogens with one attached hydrogen (secondary N) is 1. The third kappa shape index (κ3) is 4.30. The van der Waals surface area contributed by atoms with Gasteiger partial charge >= 0.3 is 5.22 Å². The number of rotatable bonds is 6. The van der Waals surface area contributed by atoms with E-state index in [1.54, 1.807) is 13.8 Å². The standard InChI is InChI=1S/C14H15ClFN3O4S/c1-8(2)13(20)17-6-12-18-19-14(23-12)24(21,22)7-9-10(15)4-3-5-11(9)16/h3-5,8H,6-7H2,1-2H3,(H,17,20). The van der Waals surface area contributed by atoms with Crippen LogP contribution in [0.5, 0.6) is 0 Å². The van der Waals surface area contributed by atoms with Crippen LogP contribution >= 0.6 is 11.6 Å². The molecule has 10 heteroatoms. The number of nitrogens with zero attached hydrogens (tertiary/aromatic N) is 2. The van der Waals surface area contributed by atoms with Gasteiger partial charge in [-0.05, 0) is 12.1 Å². The molecule has 0 fully saturated rings. The van der Waals surface area contributed by atoms with Crippen LogP contribution in [-0.4, -0.2) is 24.5 Å². The van der Waals surface area contributed by atoms with Crippen molar-refractivity contribution in [3.05, 3.63) is 40.5 Å². The monoisotopic (exact) mass is 375 g/mol. The van der Waals surface area contributed by atoms with Crippen LogP contribution in [0.25, 0.3) is 0 Å². The summed E-state index contributed by atoms with van der Waals surface area (Å²) < 4.78 is 43.3. The molecule has 0 aliphatic rings. The van der Waals surface area contributed by atoms with Crippen LogP contribution in [0.1, 0.15) is 25.3 Å².